The fraction of sp³-hybridized carbons (Fsp3) is 0.0714. The zero-order valence-electron chi connectivity index (χ0n) is 10.2. The summed E-state index contributed by atoms with van der Waals surface area (Å²) < 4.78 is 10.1. The lowest BCUT2D eigenvalue weighted by Gasteiger charge is -2.07. The van der Waals surface area contributed by atoms with E-state index < -0.39 is 6.09 Å². The van der Waals surface area contributed by atoms with Gasteiger partial charge in [0.15, 0.2) is 0 Å². The zero-order chi connectivity index (χ0) is 13.7. The van der Waals surface area contributed by atoms with Crippen molar-refractivity contribution in [3.05, 3.63) is 53.6 Å². The topological polar surface area (TPSA) is 47.6 Å². The maximum absolute atomic E-state index is 11.0. The van der Waals surface area contributed by atoms with Gasteiger partial charge < -0.3 is 9.47 Å². The molecule has 1 N–H and O–H groups in total. The minimum atomic E-state index is -0.511. The molecule has 0 bridgehead atoms. The predicted octanol–water partition coefficient (Wildman–Crippen LogP) is 4.31. The number of carbonyl (C=O) groups excluding carboxylic acids is 1. The van der Waals surface area contributed by atoms with E-state index in [-0.39, 0.29) is 0 Å². The lowest BCUT2D eigenvalue weighted by molar-refractivity contribution is 0.187. The molecule has 1 amide bonds. The van der Waals surface area contributed by atoms with E-state index in [1.807, 2.05) is 12.1 Å². The number of benzene rings is 2. The van der Waals surface area contributed by atoms with Gasteiger partial charge in [0.2, 0.25) is 0 Å². The van der Waals surface area contributed by atoms with E-state index in [1.54, 1.807) is 36.4 Å². The number of amides is 1. The molecule has 0 atom stereocenters. The lowest BCUT2D eigenvalue weighted by atomic mass is 10.3. The Morgan fingerprint density at radius 2 is 1.84 bits per heavy atom. The minimum Gasteiger partial charge on any atom is -0.457 e. The predicted molar refractivity (Wildman–Crippen MR) is 74.0 cm³/mol. The summed E-state index contributed by atoms with van der Waals surface area (Å²) in [6.07, 6.45) is -0.511. The number of methoxy groups -OCH3 is 1. The van der Waals surface area contributed by atoms with Crippen LogP contribution in [0.2, 0.25) is 5.02 Å². The average molecular weight is 278 g/mol. The van der Waals surface area contributed by atoms with Crippen LogP contribution in [0.25, 0.3) is 0 Å². The molecule has 0 radical (unpaired) electrons. The van der Waals surface area contributed by atoms with Gasteiger partial charge in [-0.15, -0.1) is 0 Å². The van der Waals surface area contributed by atoms with Crippen molar-refractivity contribution < 1.29 is 14.3 Å². The first-order valence-corrected chi connectivity index (χ1v) is 5.93. The van der Waals surface area contributed by atoms with Crippen LogP contribution in [0.1, 0.15) is 0 Å². The van der Waals surface area contributed by atoms with E-state index in [1.165, 1.54) is 7.11 Å². The van der Waals surface area contributed by atoms with E-state index in [0.29, 0.717) is 22.2 Å². The second-order valence-corrected chi connectivity index (χ2v) is 4.14. The molecule has 2 aromatic carbocycles. The first-order chi connectivity index (χ1) is 9.17. The van der Waals surface area contributed by atoms with Crippen molar-refractivity contribution in [3.8, 4) is 11.5 Å². The third-order valence-corrected chi connectivity index (χ3v) is 2.55. The highest BCUT2D eigenvalue weighted by Gasteiger charge is 2.02. The van der Waals surface area contributed by atoms with Crippen LogP contribution in [0.4, 0.5) is 10.5 Å². The van der Waals surface area contributed by atoms with E-state index in [4.69, 9.17) is 16.3 Å². The number of halogens is 1. The summed E-state index contributed by atoms with van der Waals surface area (Å²) in [6, 6.07) is 14.0. The van der Waals surface area contributed by atoms with Crippen molar-refractivity contribution in [2.24, 2.45) is 0 Å². The Morgan fingerprint density at radius 3 is 2.47 bits per heavy atom. The Kier molecular flexibility index (Phi) is 4.26. The summed E-state index contributed by atoms with van der Waals surface area (Å²) in [6.45, 7) is 0. The van der Waals surface area contributed by atoms with E-state index in [9.17, 15) is 4.79 Å². The number of carbonyl (C=O) groups is 1. The maximum atomic E-state index is 11.0. The van der Waals surface area contributed by atoms with Gasteiger partial charge in [0.05, 0.1) is 7.11 Å². The number of hydrogen-bond donors (Lipinski definition) is 1. The molecule has 19 heavy (non-hydrogen) atoms. The van der Waals surface area contributed by atoms with Crippen LogP contribution in [-0.4, -0.2) is 13.2 Å². The fourth-order valence-corrected chi connectivity index (χ4v) is 1.62. The van der Waals surface area contributed by atoms with Gasteiger partial charge in [-0.2, -0.15) is 0 Å². The molecule has 0 saturated carbocycles. The summed E-state index contributed by atoms with van der Waals surface area (Å²) in [5.41, 5.74) is 0.630. The van der Waals surface area contributed by atoms with Gasteiger partial charge in [-0.05, 0) is 42.5 Å². The minimum absolute atomic E-state index is 0.511. The number of rotatable bonds is 3. The van der Waals surface area contributed by atoms with Crippen molar-refractivity contribution in [2.75, 3.05) is 12.4 Å². The molecule has 0 aliphatic carbocycles. The monoisotopic (exact) mass is 277 g/mol. The van der Waals surface area contributed by atoms with Gasteiger partial charge in [-0.25, -0.2) is 4.79 Å². The standard InChI is InChI=1S/C14H12ClNO3/c1-18-14(17)16-11-5-7-12(8-6-11)19-13-4-2-3-10(15)9-13/h2-9H,1H3,(H,16,17). The van der Waals surface area contributed by atoms with Gasteiger partial charge in [0.25, 0.3) is 0 Å². The molecule has 4 nitrogen and oxygen atoms in total. The van der Waals surface area contributed by atoms with E-state index >= 15 is 0 Å². The Bertz CT molecular complexity index is 569. The molecule has 98 valence electrons. The van der Waals surface area contributed by atoms with Crippen molar-refractivity contribution in [2.45, 2.75) is 0 Å². The van der Waals surface area contributed by atoms with Crippen LogP contribution in [-0.2, 0) is 4.74 Å². The quantitative estimate of drug-likeness (QED) is 0.909. The molecular weight excluding hydrogens is 266 g/mol. The third kappa shape index (κ3) is 3.89. The summed E-state index contributed by atoms with van der Waals surface area (Å²) in [5.74, 6) is 1.30. The molecule has 2 rings (SSSR count). The van der Waals surface area contributed by atoms with Crippen LogP contribution in [0, 0.1) is 0 Å². The molecule has 0 spiro atoms. The SMILES string of the molecule is COC(=O)Nc1ccc(Oc2cccc(Cl)c2)cc1. The van der Waals surface area contributed by atoms with Gasteiger partial charge in [0, 0.05) is 10.7 Å². The summed E-state index contributed by atoms with van der Waals surface area (Å²) in [5, 5.41) is 3.17. The normalized spacial score (nSPS) is 9.79. The first-order valence-electron chi connectivity index (χ1n) is 5.56. The molecule has 0 fully saturated rings. The summed E-state index contributed by atoms with van der Waals surface area (Å²) in [4.78, 5) is 11.0. The van der Waals surface area contributed by atoms with Crippen molar-refractivity contribution in [1.82, 2.24) is 0 Å². The van der Waals surface area contributed by atoms with Crippen LogP contribution in [0.5, 0.6) is 11.5 Å². The lowest BCUT2D eigenvalue weighted by Crippen LogP contribution is -2.10. The van der Waals surface area contributed by atoms with Crippen molar-refractivity contribution >= 4 is 23.4 Å². The summed E-state index contributed by atoms with van der Waals surface area (Å²) in [7, 11) is 1.31. The zero-order valence-corrected chi connectivity index (χ0v) is 11.0. The summed E-state index contributed by atoms with van der Waals surface area (Å²) >= 11 is 5.87. The molecular formula is C14H12ClNO3. The molecule has 0 unspecified atom stereocenters. The number of hydrogen-bond acceptors (Lipinski definition) is 3. The Hall–Kier alpha value is -2.20. The Labute approximate surface area is 115 Å². The fourth-order valence-electron chi connectivity index (χ4n) is 1.44. The van der Waals surface area contributed by atoms with Gasteiger partial charge in [-0.1, -0.05) is 17.7 Å². The molecule has 0 saturated heterocycles. The highest BCUT2D eigenvalue weighted by molar-refractivity contribution is 6.30. The smallest absolute Gasteiger partial charge is 0.411 e. The average Bonchev–Trinajstić information content (AvgIpc) is 2.41. The van der Waals surface area contributed by atoms with E-state index in [2.05, 4.69) is 10.1 Å². The maximum Gasteiger partial charge on any atom is 0.411 e. The molecule has 5 heteroatoms. The number of nitrogens with one attached hydrogen (secondary N) is 1. The largest absolute Gasteiger partial charge is 0.457 e. The molecule has 2 aromatic rings. The van der Waals surface area contributed by atoms with E-state index in [0.717, 1.165) is 0 Å². The van der Waals surface area contributed by atoms with Crippen LogP contribution < -0.4 is 10.1 Å². The second kappa shape index (κ2) is 6.11. The molecule has 0 aliphatic rings. The van der Waals surface area contributed by atoms with Crippen molar-refractivity contribution in [1.29, 1.82) is 0 Å². The van der Waals surface area contributed by atoms with Crippen LogP contribution >= 0.6 is 11.6 Å². The van der Waals surface area contributed by atoms with Crippen molar-refractivity contribution in [3.63, 3.8) is 0 Å². The molecule has 0 aliphatic heterocycles. The highest BCUT2D eigenvalue weighted by Crippen LogP contribution is 2.25. The first kappa shape index (κ1) is 13.2. The Morgan fingerprint density at radius 1 is 1.11 bits per heavy atom. The van der Waals surface area contributed by atoms with Gasteiger partial charge >= 0.3 is 6.09 Å². The van der Waals surface area contributed by atoms with Gasteiger partial charge in [-0.3, -0.25) is 5.32 Å². The molecule has 0 heterocycles. The van der Waals surface area contributed by atoms with Crippen LogP contribution in [0.15, 0.2) is 48.5 Å². The highest BCUT2D eigenvalue weighted by atomic mass is 35.5. The number of anilines is 1. The van der Waals surface area contributed by atoms with Gasteiger partial charge in [0.1, 0.15) is 11.5 Å². The molecule has 0 aromatic heterocycles. The third-order valence-electron chi connectivity index (χ3n) is 2.32. The Balaban J connectivity index is 2.04. The van der Waals surface area contributed by atoms with Crippen LogP contribution in [0.3, 0.4) is 0 Å². The second-order valence-electron chi connectivity index (χ2n) is 3.70. The number of ether oxygens (including phenoxy) is 2.